The number of hydrogen-bond acceptors (Lipinski definition) is 4. The Bertz CT molecular complexity index is 326. The third-order valence-electron chi connectivity index (χ3n) is 4.16. The minimum absolute atomic E-state index is 0.0618. The summed E-state index contributed by atoms with van der Waals surface area (Å²) in [6, 6.07) is 0. The molecule has 0 spiro atoms. The zero-order valence-corrected chi connectivity index (χ0v) is 15.1. The highest BCUT2D eigenvalue weighted by Gasteiger charge is 2.27. The Morgan fingerprint density at radius 3 is 2.50 bits per heavy atom. The largest absolute Gasteiger partial charge is 0.379 e. The van der Waals surface area contributed by atoms with E-state index >= 15 is 0 Å². The van der Waals surface area contributed by atoms with E-state index in [1.165, 1.54) is 0 Å². The standard InChI is InChI=1S/C16H35N5O/c1-6-17-15(18-8-9-20(5)7-2)19-14-16(3,4)21-10-12-22-13-11-21/h6-14H2,1-5H3,(H2,17,18,19). The predicted octanol–water partition coefficient (Wildman–Crippen LogP) is 0.604. The monoisotopic (exact) mass is 313 g/mol. The number of ether oxygens (including phenoxy) is 1. The third-order valence-corrected chi connectivity index (χ3v) is 4.16. The van der Waals surface area contributed by atoms with Crippen molar-refractivity contribution in [2.45, 2.75) is 33.2 Å². The molecule has 0 aliphatic carbocycles. The van der Waals surface area contributed by atoms with E-state index in [0.29, 0.717) is 0 Å². The van der Waals surface area contributed by atoms with Crippen LogP contribution < -0.4 is 10.6 Å². The molecule has 22 heavy (non-hydrogen) atoms. The van der Waals surface area contributed by atoms with E-state index in [1.54, 1.807) is 0 Å². The first kappa shape index (κ1) is 19.2. The lowest BCUT2D eigenvalue weighted by atomic mass is 10.0. The molecule has 1 heterocycles. The molecule has 1 aliphatic heterocycles. The molecule has 6 heteroatoms. The number of hydrogen-bond donors (Lipinski definition) is 2. The van der Waals surface area contributed by atoms with Gasteiger partial charge < -0.3 is 20.3 Å². The van der Waals surface area contributed by atoms with Crippen LogP contribution in [0.25, 0.3) is 0 Å². The van der Waals surface area contributed by atoms with Gasteiger partial charge in [0, 0.05) is 38.3 Å². The van der Waals surface area contributed by atoms with Gasteiger partial charge in [-0.05, 0) is 34.4 Å². The summed E-state index contributed by atoms with van der Waals surface area (Å²) in [5, 5.41) is 6.74. The van der Waals surface area contributed by atoms with Crippen molar-refractivity contribution in [2.24, 2.45) is 4.99 Å². The fraction of sp³-hybridized carbons (Fsp3) is 0.938. The van der Waals surface area contributed by atoms with Crippen molar-refractivity contribution in [3.05, 3.63) is 0 Å². The fourth-order valence-corrected chi connectivity index (χ4v) is 2.41. The molecule has 0 radical (unpaired) electrons. The average Bonchev–Trinajstić information content (AvgIpc) is 2.53. The van der Waals surface area contributed by atoms with Gasteiger partial charge in [-0.25, -0.2) is 0 Å². The van der Waals surface area contributed by atoms with E-state index < -0.39 is 0 Å². The molecule has 1 saturated heterocycles. The summed E-state index contributed by atoms with van der Waals surface area (Å²) in [4.78, 5) is 9.53. The van der Waals surface area contributed by atoms with Crippen molar-refractivity contribution in [1.29, 1.82) is 0 Å². The highest BCUT2D eigenvalue weighted by Crippen LogP contribution is 2.16. The van der Waals surface area contributed by atoms with Gasteiger partial charge in [0.2, 0.25) is 0 Å². The van der Waals surface area contributed by atoms with E-state index in [9.17, 15) is 0 Å². The number of likely N-dealkylation sites (N-methyl/N-ethyl adjacent to an activating group) is 1. The molecule has 130 valence electrons. The molecule has 0 aromatic carbocycles. The first-order valence-electron chi connectivity index (χ1n) is 8.53. The topological polar surface area (TPSA) is 52.1 Å². The minimum atomic E-state index is 0.0618. The summed E-state index contributed by atoms with van der Waals surface area (Å²) < 4.78 is 5.44. The van der Waals surface area contributed by atoms with Gasteiger partial charge in [0.1, 0.15) is 0 Å². The lowest BCUT2D eigenvalue weighted by molar-refractivity contribution is -0.00683. The summed E-state index contributed by atoms with van der Waals surface area (Å²) in [7, 11) is 2.13. The van der Waals surface area contributed by atoms with E-state index in [4.69, 9.17) is 9.73 Å². The van der Waals surface area contributed by atoms with E-state index in [1.807, 2.05) is 0 Å². The van der Waals surface area contributed by atoms with Gasteiger partial charge >= 0.3 is 0 Å². The van der Waals surface area contributed by atoms with Gasteiger partial charge in [-0.15, -0.1) is 0 Å². The Balaban J connectivity index is 2.48. The molecular formula is C16H35N5O. The van der Waals surface area contributed by atoms with Crippen LogP contribution in [0, 0.1) is 0 Å². The van der Waals surface area contributed by atoms with Crippen LogP contribution in [0.5, 0.6) is 0 Å². The number of morpholine rings is 1. The van der Waals surface area contributed by atoms with Crippen molar-refractivity contribution in [3.8, 4) is 0 Å². The van der Waals surface area contributed by atoms with Crippen molar-refractivity contribution in [2.75, 3.05) is 66.1 Å². The second kappa shape index (κ2) is 10.0. The van der Waals surface area contributed by atoms with Crippen LogP contribution in [-0.2, 0) is 4.74 Å². The Labute approximate surface area is 136 Å². The quantitative estimate of drug-likeness (QED) is 0.508. The molecule has 1 fully saturated rings. The molecule has 0 unspecified atom stereocenters. The van der Waals surface area contributed by atoms with E-state index in [2.05, 4.69) is 55.2 Å². The molecule has 2 N–H and O–H groups in total. The summed E-state index contributed by atoms with van der Waals surface area (Å²) in [5.74, 6) is 0.910. The van der Waals surface area contributed by atoms with Crippen LogP contribution >= 0.6 is 0 Å². The highest BCUT2D eigenvalue weighted by molar-refractivity contribution is 5.79. The maximum Gasteiger partial charge on any atom is 0.191 e. The molecule has 6 nitrogen and oxygen atoms in total. The SMILES string of the molecule is CCNC(=NCC(C)(C)N1CCOCC1)NCCN(C)CC. The number of aliphatic imine (C=N–C) groups is 1. The average molecular weight is 313 g/mol. The van der Waals surface area contributed by atoms with Gasteiger partial charge in [-0.2, -0.15) is 0 Å². The van der Waals surface area contributed by atoms with Crippen molar-refractivity contribution >= 4 is 5.96 Å². The molecule has 0 aromatic rings. The van der Waals surface area contributed by atoms with Gasteiger partial charge in [-0.1, -0.05) is 6.92 Å². The summed E-state index contributed by atoms with van der Waals surface area (Å²) in [6.07, 6.45) is 0. The first-order chi connectivity index (χ1) is 10.5. The van der Waals surface area contributed by atoms with Crippen LogP contribution in [0.3, 0.4) is 0 Å². The summed E-state index contributed by atoms with van der Waals surface area (Å²) in [5.41, 5.74) is 0.0618. The third kappa shape index (κ3) is 6.94. The Kier molecular flexibility index (Phi) is 8.75. The first-order valence-corrected chi connectivity index (χ1v) is 8.53. The number of nitrogens with one attached hydrogen (secondary N) is 2. The maximum atomic E-state index is 5.44. The zero-order valence-electron chi connectivity index (χ0n) is 15.1. The summed E-state index contributed by atoms with van der Waals surface area (Å²) >= 11 is 0. The number of rotatable bonds is 8. The lowest BCUT2D eigenvalue weighted by Gasteiger charge is -2.39. The van der Waals surface area contributed by atoms with Gasteiger partial charge in [0.15, 0.2) is 5.96 Å². The molecule has 1 rings (SSSR count). The normalized spacial score (nSPS) is 17.8. The molecule has 0 atom stereocenters. The minimum Gasteiger partial charge on any atom is -0.379 e. The van der Waals surface area contributed by atoms with Crippen LogP contribution in [0.4, 0.5) is 0 Å². The van der Waals surface area contributed by atoms with Crippen LogP contribution in [0.2, 0.25) is 0 Å². The Hall–Kier alpha value is -0.850. The van der Waals surface area contributed by atoms with E-state index in [0.717, 1.165) is 65.0 Å². The Morgan fingerprint density at radius 1 is 1.23 bits per heavy atom. The molecule has 0 bridgehead atoms. The molecule has 0 amide bonds. The van der Waals surface area contributed by atoms with Crippen molar-refractivity contribution in [1.82, 2.24) is 20.4 Å². The smallest absolute Gasteiger partial charge is 0.191 e. The highest BCUT2D eigenvalue weighted by atomic mass is 16.5. The van der Waals surface area contributed by atoms with Gasteiger partial charge in [0.25, 0.3) is 0 Å². The molecule has 0 aromatic heterocycles. The predicted molar refractivity (Wildman–Crippen MR) is 93.6 cm³/mol. The number of nitrogens with zero attached hydrogens (tertiary/aromatic N) is 3. The van der Waals surface area contributed by atoms with Crippen molar-refractivity contribution < 1.29 is 4.74 Å². The van der Waals surface area contributed by atoms with Crippen LogP contribution in [-0.4, -0.2) is 87.4 Å². The van der Waals surface area contributed by atoms with Crippen molar-refractivity contribution in [3.63, 3.8) is 0 Å². The van der Waals surface area contributed by atoms with Crippen LogP contribution in [0.1, 0.15) is 27.7 Å². The summed E-state index contributed by atoms with van der Waals surface area (Å²) in [6.45, 7) is 17.1. The second-order valence-corrected chi connectivity index (χ2v) is 6.43. The van der Waals surface area contributed by atoms with E-state index in [-0.39, 0.29) is 5.54 Å². The van der Waals surface area contributed by atoms with Crippen LogP contribution in [0.15, 0.2) is 4.99 Å². The van der Waals surface area contributed by atoms with Gasteiger partial charge in [0.05, 0.1) is 19.8 Å². The molecule has 0 saturated carbocycles. The second-order valence-electron chi connectivity index (χ2n) is 6.43. The lowest BCUT2D eigenvalue weighted by Crippen LogP contribution is -2.52. The maximum absolute atomic E-state index is 5.44. The molecular weight excluding hydrogens is 278 g/mol. The molecule has 1 aliphatic rings. The Morgan fingerprint density at radius 2 is 1.91 bits per heavy atom. The van der Waals surface area contributed by atoms with Gasteiger partial charge in [-0.3, -0.25) is 9.89 Å². The zero-order chi connectivity index (χ0) is 16.4. The fourth-order valence-electron chi connectivity index (χ4n) is 2.41. The number of guanidine groups is 1.